The minimum Gasteiger partial charge on any atom is -0.465 e. The number of nitrogens with one attached hydrogen (secondary N) is 1. The van der Waals surface area contributed by atoms with E-state index in [2.05, 4.69) is 4.98 Å². The van der Waals surface area contributed by atoms with Gasteiger partial charge in [-0.15, -0.1) is 0 Å². The van der Waals surface area contributed by atoms with Crippen molar-refractivity contribution in [2.45, 2.75) is 33.4 Å². The predicted octanol–water partition coefficient (Wildman–Crippen LogP) is 0.123. The van der Waals surface area contributed by atoms with Gasteiger partial charge < -0.3 is 14.2 Å². The number of nitrogens with zero attached hydrogens (tertiary/aromatic N) is 1. The third-order valence-corrected chi connectivity index (χ3v) is 4.04. The lowest BCUT2D eigenvalue weighted by Crippen LogP contribution is -2.41. The van der Waals surface area contributed by atoms with E-state index in [1.54, 1.807) is 20.8 Å². The molecule has 1 aromatic heterocycles. The smallest absolute Gasteiger partial charge is 0.330 e. The molecule has 0 amide bonds. The molecule has 9 heteroatoms. The van der Waals surface area contributed by atoms with E-state index in [1.165, 1.54) is 10.8 Å². The van der Waals surface area contributed by atoms with Gasteiger partial charge in [0.25, 0.3) is 5.56 Å². The Labute approximate surface area is 143 Å². The van der Waals surface area contributed by atoms with E-state index < -0.39 is 41.3 Å². The summed E-state index contributed by atoms with van der Waals surface area (Å²) in [4.78, 5) is 50.5. The largest absolute Gasteiger partial charge is 0.465 e. The molecule has 1 saturated heterocycles. The summed E-state index contributed by atoms with van der Waals surface area (Å²) in [5, 5.41) is 0. The lowest BCUT2D eigenvalue weighted by Gasteiger charge is -2.25. The first kappa shape index (κ1) is 18.9. The second kappa shape index (κ2) is 8.11. The van der Waals surface area contributed by atoms with Gasteiger partial charge in [0.05, 0.1) is 13.2 Å². The van der Waals surface area contributed by atoms with Crippen LogP contribution >= 0.6 is 0 Å². The number of rotatable bonds is 6. The van der Waals surface area contributed by atoms with Gasteiger partial charge in [-0.1, -0.05) is 0 Å². The molecule has 0 unspecified atom stereocenters. The van der Waals surface area contributed by atoms with Gasteiger partial charge in [0, 0.05) is 24.3 Å². The summed E-state index contributed by atoms with van der Waals surface area (Å²) < 4.78 is 16.8. The topological polar surface area (TPSA) is 117 Å². The van der Waals surface area contributed by atoms with Crippen molar-refractivity contribution in [3.05, 3.63) is 32.6 Å². The highest BCUT2D eigenvalue weighted by molar-refractivity contribution is 5.95. The predicted molar refractivity (Wildman–Crippen MR) is 85.9 cm³/mol. The highest BCUT2D eigenvalue weighted by atomic mass is 16.6. The number of aromatic nitrogens is 2. The summed E-state index contributed by atoms with van der Waals surface area (Å²) in [6, 6.07) is 0. The molecule has 0 spiro atoms. The van der Waals surface area contributed by atoms with E-state index in [0.717, 1.165) is 0 Å². The molecular formula is C16H22N2O7. The molecule has 0 aliphatic carbocycles. The van der Waals surface area contributed by atoms with Gasteiger partial charge in [-0.05, 0) is 27.2 Å². The van der Waals surface area contributed by atoms with Crippen molar-refractivity contribution in [2.24, 2.45) is 11.8 Å². The minimum absolute atomic E-state index is 0.116. The van der Waals surface area contributed by atoms with Crippen molar-refractivity contribution in [1.29, 1.82) is 0 Å². The number of aromatic amines is 1. The Morgan fingerprint density at radius 1 is 1.28 bits per heavy atom. The Balaban J connectivity index is 2.41. The van der Waals surface area contributed by atoms with Crippen LogP contribution in [0.2, 0.25) is 0 Å². The van der Waals surface area contributed by atoms with E-state index in [4.69, 9.17) is 14.2 Å². The standard InChI is InChI=1S/C16H22N2O7/c1-4-23-14(20)11(15(21)24-5-2)10-6-7-25-13(10)18-8-9(3)12(19)17-16(18)22/h8,10-11,13H,4-7H2,1-3H3,(H,17,19,22)/t10-,13-/m1/s1. The van der Waals surface area contributed by atoms with Crippen LogP contribution in [0.1, 0.15) is 32.1 Å². The molecule has 1 aliphatic rings. The molecule has 1 aromatic rings. The second-order valence-electron chi connectivity index (χ2n) is 5.67. The minimum atomic E-state index is -1.20. The van der Waals surface area contributed by atoms with E-state index in [9.17, 15) is 19.2 Å². The Hall–Kier alpha value is -2.42. The van der Waals surface area contributed by atoms with Crippen LogP contribution in [0.5, 0.6) is 0 Å². The molecule has 2 atom stereocenters. The number of H-pyrrole nitrogens is 1. The lowest BCUT2D eigenvalue weighted by atomic mass is 9.89. The van der Waals surface area contributed by atoms with E-state index in [1.807, 2.05) is 0 Å². The van der Waals surface area contributed by atoms with E-state index in [-0.39, 0.29) is 19.8 Å². The quantitative estimate of drug-likeness (QED) is 0.570. The fraction of sp³-hybridized carbons (Fsp3) is 0.625. The van der Waals surface area contributed by atoms with Crippen LogP contribution in [0.4, 0.5) is 0 Å². The molecule has 9 nitrogen and oxygen atoms in total. The fourth-order valence-electron chi connectivity index (χ4n) is 2.89. The Bertz CT molecular complexity index is 734. The molecule has 0 radical (unpaired) electrons. The summed E-state index contributed by atoms with van der Waals surface area (Å²) in [6.07, 6.45) is 0.858. The zero-order valence-corrected chi connectivity index (χ0v) is 14.4. The number of aryl methyl sites for hydroxylation is 1. The van der Waals surface area contributed by atoms with Gasteiger partial charge in [0.15, 0.2) is 5.92 Å². The van der Waals surface area contributed by atoms with Crippen LogP contribution in [0.15, 0.2) is 15.8 Å². The molecule has 138 valence electrons. The molecule has 1 aliphatic heterocycles. The summed E-state index contributed by atoms with van der Waals surface area (Å²) in [7, 11) is 0. The van der Waals surface area contributed by atoms with E-state index >= 15 is 0 Å². The van der Waals surface area contributed by atoms with Crippen molar-refractivity contribution in [3.8, 4) is 0 Å². The Kier molecular flexibility index (Phi) is 6.13. The average Bonchev–Trinajstić information content (AvgIpc) is 3.00. The first-order chi connectivity index (χ1) is 11.9. The maximum atomic E-state index is 12.3. The Morgan fingerprint density at radius 3 is 2.44 bits per heavy atom. The van der Waals surface area contributed by atoms with Gasteiger partial charge in [0.2, 0.25) is 0 Å². The van der Waals surface area contributed by atoms with Crippen molar-refractivity contribution in [3.63, 3.8) is 0 Å². The highest BCUT2D eigenvalue weighted by Gasteiger charge is 2.45. The molecule has 2 heterocycles. The van der Waals surface area contributed by atoms with Crippen molar-refractivity contribution < 1.29 is 23.8 Å². The van der Waals surface area contributed by atoms with Gasteiger partial charge in [-0.2, -0.15) is 0 Å². The van der Waals surface area contributed by atoms with Gasteiger partial charge in [-0.25, -0.2) is 4.79 Å². The fourth-order valence-corrected chi connectivity index (χ4v) is 2.89. The van der Waals surface area contributed by atoms with Crippen LogP contribution in [-0.2, 0) is 23.8 Å². The summed E-state index contributed by atoms with van der Waals surface area (Å²) in [5.74, 6) is -3.26. The van der Waals surface area contributed by atoms with Gasteiger partial charge in [-0.3, -0.25) is 23.9 Å². The molecule has 0 bridgehead atoms. The monoisotopic (exact) mass is 354 g/mol. The first-order valence-corrected chi connectivity index (χ1v) is 8.17. The summed E-state index contributed by atoms with van der Waals surface area (Å²) in [6.45, 7) is 5.31. The summed E-state index contributed by atoms with van der Waals surface area (Å²) in [5.41, 5.74) is -0.847. The van der Waals surface area contributed by atoms with E-state index in [0.29, 0.717) is 12.0 Å². The molecule has 1 N–H and O–H groups in total. The van der Waals surface area contributed by atoms with Crippen LogP contribution in [0.3, 0.4) is 0 Å². The van der Waals surface area contributed by atoms with Crippen LogP contribution in [-0.4, -0.2) is 41.3 Å². The van der Waals surface area contributed by atoms with Gasteiger partial charge in [0.1, 0.15) is 6.23 Å². The van der Waals surface area contributed by atoms with Crippen LogP contribution < -0.4 is 11.2 Å². The van der Waals surface area contributed by atoms with Crippen molar-refractivity contribution in [2.75, 3.05) is 19.8 Å². The number of carbonyl (C=O) groups is 2. The number of carbonyl (C=O) groups excluding carboxylic acids is 2. The normalized spacial score (nSPS) is 19.8. The highest BCUT2D eigenvalue weighted by Crippen LogP contribution is 2.36. The zero-order chi connectivity index (χ0) is 18.6. The number of esters is 2. The van der Waals surface area contributed by atoms with Gasteiger partial charge >= 0.3 is 17.6 Å². The molecule has 1 fully saturated rings. The molecule has 2 rings (SSSR count). The Morgan fingerprint density at radius 2 is 1.88 bits per heavy atom. The molecule has 0 aromatic carbocycles. The number of ether oxygens (including phenoxy) is 3. The van der Waals surface area contributed by atoms with Crippen LogP contribution in [0, 0.1) is 18.8 Å². The second-order valence-corrected chi connectivity index (χ2v) is 5.67. The summed E-state index contributed by atoms with van der Waals surface area (Å²) >= 11 is 0. The van der Waals surface area contributed by atoms with Crippen LogP contribution in [0.25, 0.3) is 0 Å². The first-order valence-electron chi connectivity index (χ1n) is 8.17. The SMILES string of the molecule is CCOC(=O)C(C(=O)OCC)[C@H]1CCO[C@H]1n1cc(C)c(=O)[nH]c1=O. The zero-order valence-electron chi connectivity index (χ0n) is 14.4. The third-order valence-electron chi connectivity index (χ3n) is 4.04. The average molecular weight is 354 g/mol. The van der Waals surface area contributed by atoms with Crippen molar-refractivity contribution in [1.82, 2.24) is 9.55 Å². The maximum Gasteiger partial charge on any atom is 0.330 e. The maximum absolute atomic E-state index is 12.3. The molecular weight excluding hydrogens is 332 g/mol. The van der Waals surface area contributed by atoms with Crippen molar-refractivity contribution >= 4 is 11.9 Å². The number of hydrogen-bond acceptors (Lipinski definition) is 7. The number of hydrogen-bond donors (Lipinski definition) is 1. The third kappa shape index (κ3) is 3.98. The lowest BCUT2D eigenvalue weighted by molar-refractivity contribution is -0.166. The molecule has 25 heavy (non-hydrogen) atoms. The molecule has 0 saturated carbocycles.